The molecule has 0 saturated carbocycles. The van der Waals surface area contributed by atoms with Crippen LogP contribution in [0.5, 0.6) is 0 Å². The van der Waals surface area contributed by atoms with Gasteiger partial charge in [-0.3, -0.25) is 14.5 Å². The molecule has 0 fully saturated rings. The molecule has 4 aromatic rings. The van der Waals surface area contributed by atoms with Crippen LogP contribution in [0.2, 0.25) is 0 Å². The zero-order valence-electron chi connectivity index (χ0n) is 14.2. The van der Waals surface area contributed by atoms with Gasteiger partial charge in [-0.1, -0.05) is 53.8 Å². The number of carbonyl (C=O) groups excluding carboxylic acids is 1. The molecule has 27 heavy (non-hydrogen) atoms. The van der Waals surface area contributed by atoms with Gasteiger partial charge in [-0.25, -0.2) is 0 Å². The van der Waals surface area contributed by atoms with Crippen molar-refractivity contribution in [2.45, 2.75) is 13.0 Å². The van der Waals surface area contributed by atoms with Gasteiger partial charge in [0.05, 0.1) is 17.0 Å². The van der Waals surface area contributed by atoms with Crippen LogP contribution >= 0.6 is 11.3 Å². The maximum atomic E-state index is 13.3. The van der Waals surface area contributed by atoms with Crippen LogP contribution in [0.1, 0.15) is 32.7 Å². The molecule has 2 aromatic carbocycles. The number of para-hydroxylation sites is 1. The van der Waals surface area contributed by atoms with Gasteiger partial charge in [0.25, 0.3) is 5.91 Å². The first-order valence-corrected chi connectivity index (χ1v) is 9.21. The number of benzene rings is 2. The van der Waals surface area contributed by atoms with E-state index < -0.39 is 6.04 Å². The molecule has 6 nitrogen and oxygen atoms in total. The van der Waals surface area contributed by atoms with Crippen molar-refractivity contribution in [2.75, 3.05) is 4.90 Å². The lowest BCUT2D eigenvalue weighted by Crippen LogP contribution is -2.29. The predicted octanol–water partition coefficient (Wildman–Crippen LogP) is 3.70. The van der Waals surface area contributed by atoms with E-state index >= 15 is 0 Å². The Morgan fingerprint density at radius 1 is 1.00 bits per heavy atom. The van der Waals surface area contributed by atoms with Crippen molar-refractivity contribution in [3.05, 3.63) is 86.7 Å². The number of anilines is 1. The summed E-state index contributed by atoms with van der Waals surface area (Å²) in [4.78, 5) is 28.0. The third kappa shape index (κ3) is 2.32. The van der Waals surface area contributed by atoms with Gasteiger partial charge >= 0.3 is 0 Å². The molecule has 5 rings (SSSR count). The van der Waals surface area contributed by atoms with E-state index in [1.54, 1.807) is 24.3 Å². The zero-order valence-corrected chi connectivity index (χ0v) is 15.1. The van der Waals surface area contributed by atoms with Crippen molar-refractivity contribution in [2.24, 2.45) is 0 Å². The summed E-state index contributed by atoms with van der Waals surface area (Å²) in [6, 6.07) is 15.8. The normalized spacial score (nSPS) is 16.1. The van der Waals surface area contributed by atoms with Crippen LogP contribution < -0.4 is 10.3 Å². The summed E-state index contributed by atoms with van der Waals surface area (Å²) in [5.41, 5.74) is 1.37. The Labute approximate surface area is 157 Å². The second-order valence-electron chi connectivity index (χ2n) is 6.26. The van der Waals surface area contributed by atoms with Gasteiger partial charge in [0.1, 0.15) is 10.6 Å². The van der Waals surface area contributed by atoms with Crippen molar-refractivity contribution in [3.8, 4) is 0 Å². The minimum absolute atomic E-state index is 0.0698. The molecule has 1 atom stereocenters. The molecule has 7 heteroatoms. The number of nitrogens with zero attached hydrogens (tertiary/aromatic N) is 3. The second kappa shape index (κ2) is 5.85. The zero-order chi connectivity index (χ0) is 18.5. The van der Waals surface area contributed by atoms with Crippen LogP contribution in [-0.4, -0.2) is 16.1 Å². The molecule has 1 aliphatic rings. The molecule has 132 valence electrons. The largest absolute Gasteiger partial charge is 0.450 e. The standard InChI is InChI=1S/C20H13N3O3S/c1-11-21-22-20(27-11)23-16(12-7-3-2-4-8-12)15-17(24)13-9-5-6-10-14(13)26-18(15)19(23)25/h2-10,16H,1H3. The van der Waals surface area contributed by atoms with Gasteiger partial charge in [0, 0.05) is 0 Å². The van der Waals surface area contributed by atoms with Gasteiger partial charge in [0.15, 0.2) is 5.43 Å². The highest BCUT2D eigenvalue weighted by Crippen LogP contribution is 2.41. The Hall–Kier alpha value is -3.32. The fourth-order valence-corrected chi connectivity index (χ4v) is 4.17. The molecule has 0 N–H and O–H groups in total. The third-order valence-electron chi connectivity index (χ3n) is 4.61. The van der Waals surface area contributed by atoms with E-state index in [0.717, 1.165) is 10.6 Å². The minimum atomic E-state index is -0.595. The van der Waals surface area contributed by atoms with Gasteiger partial charge in [-0.2, -0.15) is 0 Å². The third-order valence-corrected chi connectivity index (χ3v) is 5.45. The molecular weight excluding hydrogens is 362 g/mol. The van der Waals surface area contributed by atoms with E-state index in [-0.39, 0.29) is 17.1 Å². The molecule has 0 saturated heterocycles. The van der Waals surface area contributed by atoms with E-state index in [0.29, 0.717) is 21.7 Å². The van der Waals surface area contributed by atoms with Gasteiger partial charge in [-0.05, 0) is 24.6 Å². The molecule has 3 heterocycles. The van der Waals surface area contributed by atoms with Crippen molar-refractivity contribution in [3.63, 3.8) is 0 Å². The molecule has 2 aromatic heterocycles. The number of amides is 1. The van der Waals surface area contributed by atoms with Crippen LogP contribution in [0.3, 0.4) is 0 Å². The quantitative estimate of drug-likeness (QED) is 0.534. The molecule has 1 aliphatic heterocycles. The van der Waals surface area contributed by atoms with Crippen molar-refractivity contribution < 1.29 is 9.21 Å². The highest BCUT2D eigenvalue weighted by atomic mass is 32.1. The predicted molar refractivity (Wildman–Crippen MR) is 102 cm³/mol. The Bertz CT molecular complexity index is 1250. The highest BCUT2D eigenvalue weighted by Gasteiger charge is 2.44. The highest BCUT2D eigenvalue weighted by molar-refractivity contribution is 7.15. The van der Waals surface area contributed by atoms with E-state index in [4.69, 9.17) is 4.42 Å². The van der Waals surface area contributed by atoms with Crippen LogP contribution in [0.15, 0.2) is 63.8 Å². The van der Waals surface area contributed by atoms with Gasteiger partial charge in [-0.15, -0.1) is 10.2 Å². The topological polar surface area (TPSA) is 76.3 Å². The summed E-state index contributed by atoms with van der Waals surface area (Å²) in [7, 11) is 0. The molecule has 1 unspecified atom stereocenters. The fourth-order valence-electron chi connectivity index (χ4n) is 3.45. The Balaban J connectivity index is 1.84. The van der Waals surface area contributed by atoms with Crippen LogP contribution in [0, 0.1) is 6.92 Å². The smallest absolute Gasteiger partial charge is 0.297 e. The molecule has 0 aliphatic carbocycles. The van der Waals surface area contributed by atoms with Crippen molar-refractivity contribution >= 4 is 33.3 Å². The summed E-state index contributed by atoms with van der Waals surface area (Å²) < 4.78 is 5.87. The summed E-state index contributed by atoms with van der Waals surface area (Å²) in [5, 5.41) is 9.81. The van der Waals surface area contributed by atoms with E-state index in [9.17, 15) is 9.59 Å². The minimum Gasteiger partial charge on any atom is -0.450 e. The molecule has 1 amide bonds. The second-order valence-corrected chi connectivity index (χ2v) is 7.42. The average Bonchev–Trinajstić information content (AvgIpc) is 3.24. The Kier molecular flexibility index (Phi) is 3.45. The number of rotatable bonds is 2. The van der Waals surface area contributed by atoms with Gasteiger partial charge < -0.3 is 4.42 Å². The van der Waals surface area contributed by atoms with Crippen LogP contribution in [-0.2, 0) is 0 Å². The van der Waals surface area contributed by atoms with Crippen LogP contribution in [0.4, 0.5) is 5.13 Å². The van der Waals surface area contributed by atoms with Gasteiger partial charge in [0.2, 0.25) is 10.9 Å². The first-order chi connectivity index (χ1) is 13.1. The summed E-state index contributed by atoms with van der Waals surface area (Å²) in [5.74, 6) is -0.307. The number of carbonyl (C=O) groups is 1. The number of hydrogen-bond acceptors (Lipinski definition) is 6. The lowest BCUT2D eigenvalue weighted by molar-refractivity contribution is 0.0970. The Morgan fingerprint density at radius 3 is 2.48 bits per heavy atom. The number of aromatic nitrogens is 2. The molecular formula is C20H13N3O3S. The first kappa shape index (κ1) is 15.9. The summed E-state index contributed by atoms with van der Waals surface area (Å²) in [6.07, 6.45) is 0. The monoisotopic (exact) mass is 375 g/mol. The summed E-state index contributed by atoms with van der Waals surface area (Å²) >= 11 is 1.31. The molecule has 0 spiro atoms. The molecule has 0 radical (unpaired) electrons. The van der Waals surface area contributed by atoms with E-state index in [1.165, 1.54) is 16.2 Å². The lowest BCUT2D eigenvalue weighted by atomic mass is 9.99. The molecule has 0 bridgehead atoms. The maximum Gasteiger partial charge on any atom is 0.297 e. The SMILES string of the molecule is Cc1nnc(N2C(=O)c3oc4ccccc4c(=O)c3C2c2ccccc2)s1. The maximum absolute atomic E-state index is 13.3. The average molecular weight is 375 g/mol. The summed E-state index contributed by atoms with van der Waals surface area (Å²) in [6.45, 7) is 1.82. The van der Waals surface area contributed by atoms with Crippen molar-refractivity contribution in [1.29, 1.82) is 0 Å². The lowest BCUT2D eigenvalue weighted by Gasteiger charge is -2.21. The van der Waals surface area contributed by atoms with E-state index in [1.807, 2.05) is 37.3 Å². The van der Waals surface area contributed by atoms with Crippen molar-refractivity contribution in [1.82, 2.24) is 10.2 Å². The van der Waals surface area contributed by atoms with Crippen LogP contribution in [0.25, 0.3) is 11.0 Å². The number of hydrogen-bond donors (Lipinski definition) is 0. The Morgan fingerprint density at radius 2 is 1.74 bits per heavy atom. The van der Waals surface area contributed by atoms with E-state index in [2.05, 4.69) is 10.2 Å². The number of aryl methyl sites for hydroxylation is 1. The fraction of sp³-hybridized carbons (Fsp3) is 0.100. The number of fused-ring (bicyclic) bond motifs is 2. The first-order valence-electron chi connectivity index (χ1n) is 8.39.